The Morgan fingerprint density at radius 2 is 1.90 bits per heavy atom. The molecular formula is C23H23N3O2S. The average Bonchev–Trinajstić information content (AvgIpc) is 3.14. The Hall–Kier alpha value is -2.99. The van der Waals surface area contributed by atoms with Crippen LogP contribution in [-0.2, 0) is 9.59 Å². The monoisotopic (exact) mass is 405 g/mol. The number of thiazole rings is 1. The van der Waals surface area contributed by atoms with Crippen molar-refractivity contribution in [3.8, 4) is 0 Å². The van der Waals surface area contributed by atoms with Crippen molar-refractivity contribution in [1.82, 2.24) is 9.88 Å². The second-order valence-corrected chi connectivity index (χ2v) is 8.35. The zero-order valence-electron chi connectivity index (χ0n) is 16.3. The highest BCUT2D eigenvalue weighted by Crippen LogP contribution is 2.28. The van der Waals surface area contributed by atoms with Crippen LogP contribution in [0.2, 0.25) is 0 Å². The largest absolute Gasteiger partial charge is 0.339 e. The third-order valence-electron chi connectivity index (χ3n) is 5.17. The minimum Gasteiger partial charge on any atom is -0.339 e. The number of amides is 2. The quantitative estimate of drug-likeness (QED) is 0.650. The summed E-state index contributed by atoms with van der Waals surface area (Å²) in [5.41, 5.74) is 3.08. The van der Waals surface area contributed by atoms with Crippen LogP contribution in [0.25, 0.3) is 16.3 Å². The van der Waals surface area contributed by atoms with Gasteiger partial charge in [-0.25, -0.2) is 4.98 Å². The maximum absolute atomic E-state index is 12.6. The first kappa shape index (κ1) is 19.3. The molecule has 1 saturated heterocycles. The van der Waals surface area contributed by atoms with Crippen LogP contribution in [0.15, 0.2) is 54.6 Å². The Bertz CT molecular complexity index is 1050. The minimum absolute atomic E-state index is 0.00532. The lowest BCUT2D eigenvalue weighted by Gasteiger charge is -2.30. The van der Waals surface area contributed by atoms with Gasteiger partial charge in [0.2, 0.25) is 11.8 Å². The van der Waals surface area contributed by atoms with Crippen LogP contribution >= 0.6 is 11.3 Å². The lowest BCUT2D eigenvalue weighted by Crippen LogP contribution is -2.40. The molecule has 1 aliphatic rings. The Morgan fingerprint density at radius 1 is 1.14 bits per heavy atom. The van der Waals surface area contributed by atoms with E-state index in [0.717, 1.165) is 15.8 Å². The third-order valence-corrected chi connectivity index (χ3v) is 6.10. The number of fused-ring (bicyclic) bond motifs is 1. The molecule has 0 unspecified atom stereocenters. The number of carbonyl (C=O) groups excluding carboxylic acids is 2. The van der Waals surface area contributed by atoms with Gasteiger partial charge < -0.3 is 10.2 Å². The van der Waals surface area contributed by atoms with E-state index in [4.69, 9.17) is 0 Å². The average molecular weight is 406 g/mol. The highest BCUT2D eigenvalue weighted by Gasteiger charge is 2.27. The van der Waals surface area contributed by atoms with Gasteiger partial charge in [0.25, 0.3) is 0 Å². The van der Waals surface area contributed by atoms with Crippen molar-refractivity contribution in [2.75, 3.05) is 18.4 Å². The van der Waals surface area contributed by atoms with E-state index < -0.39 is 0 Å². The number of hydrogen-bond donors (Lipinski definition) is 1. The molecule has 1 fully saturated rings. The molecule has 1 aromatic heterocycles. The second kappa shape index (κ2) is 8.57. The van der Waals surface area contributed by atoms with Crippen molar-refractivity contribution < 1.29 is 9.59 Å². The van der Waals surface area contributed by atoms with Gasteiger partial charge in [0, 0.05) is 25.1 Å². The molecule has 4 rings (SSSR count). The van der Waals surface area contributed by atoms with Gasteiger partial charge in [-0.3, -0.25) is 9.59 Å². The molecule has 6 heteroatoms. The highest BCUT2D eigenvalue weighted by atomic mass is 32.1. The summed E-state index contributed by atoms with van der Waals surface area (Å²) in [6.07, 6.45) is 4.77. The SMILES string of the molecule is Cc1ccc2nc(NC(=O)C3CCN(C(=O)/C=C/c4ccccc4)CC3)sc2c1. The first-order valence-electron chi connectivity index (χ1n) is 9.78. The van der Waals surface area contributed by atoms with E-state index in [-0.39, 0.29) is 17.7 Å². The second-order valence-electron chi connectivity index (χ2n) is 7.32. The molecule has 2 amide bonds. The molecular weight excluding hydrogens is 382 g/mol. The van der Waals surface area contributed by atoms with E-state index in [1.807, 2.05) is 60.4 Å². The predicted octanol–water partition coefficient (Wildman–Crippen LogP) is 4.50. The predicted molar refractivity (Wildman–Crippen MR) is 118 cm³/mol. The standard InChI is InChI=1S/C23H23N3O2S/c1-16-7-9-19-20(15-16)29-23(24-19)25-22(28)18-11-13-26(14-12-18)21(27)10-8-17-5-3-2-4-6-17/h2-10,15,18H,11-14H2,1H3,(H,24,25,28)/b10-8+. The van der Waals surface area contributed by atoms with E-state index in [1.54, 1.807) is 6.08 Å². The molecule has 0 radical (unpaired) electrons. The number of aromatic nitrogens is 1. The van der Waals surface area contributed by atoms with Crippen LogP contribution in [0.4, 0.5) is 5.13 Å². The van der Waals surface area contributed by atoms with E-state index in [2.05, 4.69) is 16.4 Å². The number of benzene rings is 2. The number of hydrogen-bond acceptors (Lipinski definition) is 4. The van der Waals surface area contributed by atoms with E-state index in [0.29, 0.717) is 31.1 Å². The fourth-order valence-corrected chi connectivity index (χ4v) is 4.46. The van der Waals surface area contributed by atoms with Gasteiger partial charge in [0.15, 0.2) is 5.13 Å². The molecule has 0 aliphatic carbocycles. The smallest absolute Gasteiger partial charge is 0.246 e. The number of anilines is 1. The Balaban J connectivity index is 1.31. The summed E-state index contributed by atoms with van der Waals surface area (Å²) in [5.74, 6) is -0.104. The van der Waals surface area contributed by atoms with E-state index >= 15 is 0 Å². The first-order valence-corrected chi connectivity index (χ1v) is 10.6. The van der Waals surface area contributed by atoms with Gasteiger partial charge in [-0.2, -0.15) is 0 Å². The first-order chi connectivity index (χ1) is 14.1. The van der Waals surface area contributed by atoms with E-state index in [1.165, 1.54) is 16.9 Å². The van der Waals surface area contributed by atoms with Crippen LogP contribution in [0, 0.1) is 12.8 Å². The molecule has 0 bridgehead atoms. The number of aryl methyl sites for hydroxylation is 1. The Morgan fingerprint density at radius 3 is 2.66 bits per heavy atom. The summed E-state index contributed by atoms with van der Waals surface area (Å²) in [5, 5.41) is 3.60. The molecule has 1 N–H and O–H groups in total. The van der Waals surface area contributed by atoms with Gasteiger partial charge in [0.1, 0.15) is 0 Å². The molecule has 2 aromatic carbocycles. The van der Waals surface area contributed by atoms with E-state index in [9.17, 15) is 9.59 Å². The molecule has 0 atom stereocenters. The molecule has 2 heterocycles. The Kier molecular flexibility index (Phi) is 5.71. The number of carbonyl (C=O) groups is 2. The zero-order chi connectivity index (χ0) is 20.2. The fourth-order valence-electron chi connectivity index (χ4n) is 3.49. The maximum Gasteiger partial charge on any atom is 0.246 e. The van der Waals surface area contributed by atoms with Crippen LogP contribution in [-0.4, -0.2) is 34.8 Å². The van der Waals surface area contributed by atoms with Gasteiger partial charge >= 0.3 is 0 Å². The lowest BCUT2D eigenvalue weighted by molar-refractivity contribution is -0.130. The van der Waals surface area contributed by atoms with Crippen molar-refractivity contribution in [1.29, 1.82) is 0 Å². The molecule has 5 nitrogen and oxygen atoms in total. The molecule has 0 saturated carbocycles. The third kappa shape index (κ3) is 4.71. The number of piperidine rings is 1. The number of rotatable bonds is 4. The summed E-state index contributed by atoms with van der Waals surface area (Å²) in [4.78, 5) is 31.3. The number of likely N-dealkylation sites (tertiary alicyclic amines) is 1. The fraction of sp³-hybridized carbons (Fsp3) is 0.261. The maximum atomic E-state index is 12.6. The van der Waals surface area contributed by atoms with Gasteiger partial charge in [-0.05, 0) is 49.1 Å². The summed E-state index contributed by atoms with van der Waals surface area (Å²) in [7, 11) is 0. The van der Waals surface area contributed by atoms with Crippen molar-refractivity contribution in [3.05, 3.63) is 65.7 Å². The summed E-state index contributed by atoms with van der Waals surface area (Å²) < 4.78 is 1.07. The minimum atomic E-state index is -0.0918. The Labute approximate surface area is 174 Å². The van der Waals surface area contributed by atoms with Crippen molar-refractivity contribution in [2.45, 2.75) is 19.8 Å². The molecule has 1 aliphatic heterocycles. The van der Waals surface area contributed by atoms with Crippen LogP contribution in [0.3, 0.4) is 0 Å². The van der Waals surface area contributed by atoms with Crippen LogP contribution in [0.5, 0.6) is 0 Å². The summed E-state index contributed by atoms with van der Waals surface area (Å²) in [6, 6.07) is 15.8. The van der Waals surface area contributed by atoms with Crippen molar-refractivity contribution >= 4 is 44.6 Å². The van der Waals surface area contributed by atoms with Crippen molar-refractivity contribution in [2.24, 2.45) is 5.92 Å². The van der Waals surface area contributed by atoms with Gasteiger partial charge in [-0.1, -0.05) is 47.7 Å². The number of nitrogens with one attached hydrogen (secondary N) is 1. The molecule has 3 aromatic rings. The number of nitrogens with zero attached hydrogens (tertiary/aromatic N) is 2. The summed E-state index contributed by atoms with van der Waals surface area (Å²) in [6.45, 7) is 3.23. The van der Waals surface area contributed by atoms with Gasteiger partial charge in [0.05, 0.1) is 10.2 Å². The van der Waals surface area contributed by atoms with Crippen LogP contribution in [0.1, 0.15) is 24.0 Å². The summed E-state index contributed by atoms with van der Waals surface area (Å²) >= 11 is 1.50. The van der Waals surface area contributed by atoms with Gasteiger partial charge in [-0.15, -0.1) is 0 Å². The topological polar surface area (TPSA) is 62.3 Å². The lowest BCUT2D eigenvalue weighted by atomic mass is 9.96. The van der Waals surface area contributed by atoms with Crippen LogP contribution < -0.4 is 5.32 Å². The molecule has 0 spiro atoms. The highest BCUT2D eigenvalue weighted by molar-refractivity contribution is 7.22. The normalized spacial score (nSPS) is 15.1. The van der Waals surface area contributed by atoms with Crippen molar-refractivity contribution in [3.63, 3.8) is 0 Å². The molecule has 148 valence electrons. The molecule has 29 heavy (non-hydrogen) atoms. The zero-order valence-corrected chi connectivity index (χ0v) is 17.1.